The van der Waals surface area contributed by atoms with Crippen molar-refractivity contribution in [3.63, 3.8) is 0 Å². The topological polar surface area (TPSA) is 161 Å². The molecule has 0 unspecified atom stereocenters. The molecule has 2 aromatic carbocycles. The fraction of sp³-hybridized carbons (Fsp3) is 0.448. The number of amides is 4. The van der Waals surface area contributed by atoms with Crippen molar-refractivity contribution in [3.8, 4) is 23.0 Å². The third kappa shape index (κ3) is 8.34. The predicted molar refractivity (Wildman–Crippen MR) is 152 cm³/mol. The molecule has 2 bridgehead atoms. The molecular formula is C29H39N5O7. The Labute approximate surface area is 239 Å². The van der Waals surface area contributed by atoms with Crippen molar-refractivity contribution in [3.05, 3.63) is 47.5 Å². The first-order chi connectivity index (χ1) is 19.7. The summed E-state index contributed by atoms with van der Waals surface area (Å²) in [7, 11) is 3.00. The number of nitrogens with zero attached hydrogens (tertiary/aromatic N) is 1. The van der Waals surface area contributed by atoms with Crippen LogP contribution in [-0.4, -0.2) is 75.0 Å². The van der Waals surface area contributed by atoms with Gasteiger partial charge in [0.2, 0.25) is 17.7 Å². The molecule has 5 N–H and O–H groups in total. The van der Waals surface area contributed by atoms with Crippen LogP contribution in [0, 0.1) is 5.92 Å². The van der Waals surface area contributed by atoms with Crippen LogP contribution in [0.3, 0.4) is 0 Å². The maximum absolute atomic E-state index is 13.3. The SMILES string of the molecule is COc1ccc2cc1Oc1cccc(OC)c1CNC(=O)[C@@H](C(C)C)NC(=O)CN(C(=O)CN)CCCCNC2=O. The van der Waals surface area contributed by atoms with Crippen molar-refractivity contribution in [2.45, 2.75) is 39.3 Å². The number of ether oxygens (including phenoxy) is 3. The Balaban J connectivity index is 1.99. The standard InChI is InChI=1S/C29H39N5O7/c1-18(2)27-29(38)32-16-20-21(39-3)8-7-9-22(20)41-24-14-19(10-11-23(24)40-4)28(37)31-12-5-6-13-34(26(36)15-30)17-25(35)33-27/h7-11,14,18,27H,5-6,12-13,15-17,30H2,1-4H3,(H,31,37)(H,32,38)(H,33,35)/t27-/m1/s1. The molecule has 0 spiro atoms. The highest BCUT2D eigenvalue weighted by atomic mass is 16.5. The van der Waals surface area contributed by atoms with Crippen LogP contribution < -0.4 is 35.9 Å². The van der Waals surface area contributed by atoms with Gasteiger partial charge in [0.1, 0.15) is 17.5 Å². The lowest BCUT2D eigenvalue weighted by atomic mass is 10.0. The lowest BCUT2D eigenvalue weighted by Gasteiger charge is -2.26. The second-order valence-electron chi connectivity index (χ2n) is 9.89. The Bertz CT molecular complexity index is 1250. The average Bonchev–Trinajstić information content (AvgIpc) is 2.96. The summed E-state index contributed by atoms with van der Waals surface area (Å²) in [6.07, 6.45) is 1.09. The highest BCUT2D eigenvalue weighted by molar-refractivity contribution is 5.95. The Morgan fingerprint density at radius 1 is 1.05 bits per heavy atom. The van der Waals surface area contributed by atoms with Crippen LogP contribution in [0.2, 0.25) is 0 Å². The summed E-state index contributed by atoms with van der Waals surface area (Å²) in [4.78, 5) is 52.8. The van der Waals surface area contributed by atoms with Crippen LogP contribution in [0.25, 0.3) is 0 Å². The molecule has 1 heterocycles. The van der Waals surface area contributed by atoms with Crippen LogP contribution >= 0.6 is 0 Å². The van der Waals surface area contributed by atoms with Gasteiger partial charge in [0.15, 0.2) is 11.5 Å². The van der Waals surface area contributed by atoms with E-state index in [4.69, 9.17) is 19.9 Å². The lowest BCUT2D eigenvalue weighted by molar-refractivity contribution is -0.136. The van der Waals surface area contributed by atoms with E-state index in [0.717, 1.165) is 0 Å². The first-order valence-electron chi connectivity index (χ1n) is 13.5. The van der Waals surface area contributed by atoms with Crippen molar-refractivity contribution >= 4 is 23.6 Å². The zero-order chi connectivity index (χ0) is 29.9. The van der Waals surface area contributed by atoms with E-state index in [2.05, 4.69) is 16.0 Å². The smallest absolute Gasteiger partial charge is 0.251 e. The van der Waals surface area contributed by atoms with Gasteiger partial charge in [-0.1, -0.05) is 19.9 Å². The molecule has 2 aromatic rings. The van der Waals surface area contributed by atoms with Gasteiger partial charge >= 0.3 is 0 Å². The molecule has 41 heavy (non-hydrogen) atoms. The summed E-state index contributed by atoms with van der Waals surface area (Å²) in [5.41, 5.74) is 6.47. The lowest BCUT2D eigenvalue weighted by Crippen LogP contribution is -2.52. The van der Waals surface area contributed by atoms with Gasteiger partial charge in [-0.3, -0.25) is 19.2 Å². The summed E-state index contributed by atoms with van der Waals surface area (Å²) < 4.78 is 17.2. The van der Waals surface area contributed by atoms with Crippen LogP contribution in [0.15, 0.2) is 36.4 Å². The summed E-state index contributed by atoms with van der Waals surface area (Å²) >= 11 is 0. The molecule has 0 saturated carbocycles. The van der Waals surface area contributed by atoms with E-state index < -0.39 is 17.9 Å². The molecule has 222 valence electrons. The van der Waals surface area contributed by atoms with E-state index >= 15 is 0 Å². The highest BCUT2D eigenvalue weighted by Crippen LogP contribution is 2.37. The normalized spacial score (nSPS) is 17.4. The Morgan fingerprint density at radius 3 is 2.49 bits per heavy atom. The molecule has 12 heteroatoms. The van der Waals surface area contributed by atoms with E-state index in [0.29, 0.717) is 53.5 Å². The second kappa shape index (κ2) is 14.9. The number of carbonyl (C=O) groups is 4. The van der Waals surface area contributed by atoms with Gasteiger partial charge in [-0.15, -0.1) is 0 Å². The largest absolute Gasteiger partial charge is 0.496 e. The average molecular weight is 570 g/mol. The maximum atomic E-state index is 13.3. The van der Waals surface area contributed by atoms with Crippen LogP contribution in [-0.2, 0) is 20.9 Å². The quantitative estimate of drug-likeness (QED) is 0.431. The second-order valence-corrected chi connectivity index (χ2v) is 9.89. The summed E-state index contributed by atoms with van der Waals surface area (Å²) in [6, 6.07) is 9.20. The third-order valence-corrected chi connectivity index (χ3v) is 6.66. The van der Waals surface area contributed by atoms with E-state index in [1.807, 2.05) is 13.8 Å². The van der Waals surface area contributed by atoms with Gasteiger partial charge in [-0.2, -0.15) is 0 Å². The van der Waals surface area contributed by atoms with E-state index in [9.17, 15) is 19.2 Å². The summed E-state index contributed by atoms with van der Waals surface area (Å²) in [5, 5.41) is 8.49. The minimum atomic E-state index is -0.853. The number of benzene rings is 2. The number of hydrogen-bond donors (Lipinski definition) is 4. The zero-order valence-corrected chi connectivity index (χ0v) is 24.0. The molecule has 1 aliphatic heterocycles. The third-order valence-electron chi connectivity index (χ3n) is 6.66. The molecule has 0 radical (unpaired) electrons. The number of methoxy groups -OCH3 is 2. The summed E-state index contributed by atoms with van der Waals surface area (Å²) in [6.45, 7) is 3.80. The van der Waals surface area contributed by atoms with Crippen molar-refractivity contribution < 1.29 is 33.4 Å². The summed E-state index contributed by atoms with van der Waals surface area (Å²) in [5.74, 6) is -0.241. The molecule has 0 fully saturated rings. The van der Waals surface area contributed by atoms with Gasteiger partial charge in [-0.05, 0) is 49.1 Å². The molecule has 1 atom stereocenters. The van der Waals surface area contributed by atoms with Crippen LogP contribution in [0.4, 0.5) is 0 Å². The Morgan fingerprint density at radius 2 is 1.80 bits per heavy atom. The predicted octanol–water partition coefficient (Wildman–Crippen LogP) is 1.56. The van der Waals surface area contributed by atoms with Crippen molar-refractivity contribution in [2.75, 3.05) is 40.4 Å². The fourth-order valence-electron chi connectivity index (χ4n) is 4.39. The Hall–Kier alpha value is -4.32. The number of nitrogens with one attached hydrogen (secondary N) is 3. The number of hydrogen-bond acceptors (Lipinski definition) is 8. The van der Waals surface area contributed by atoms with E-state index in [1.54, 1.807) is 36.4 Å². The van der Waals surface area contributed by atoms with Crippen LogP contribution in [0.5, 0.6) is 23.0 Å². The molecule has 0 aromatic heterocycles. The number of carbonyl (C=O) groups excluding carboxylic acids is 4. The molecule has 0 saturated heterocycles. The molecule has 3 rings (SSSR count). The highest BCUT2D eigenvalue weighted by Gasteiger charge is 2.26. The first kappa shape index (κ1) is 31.2. The zero-order valence-electron chi connectivity index (χ0n) is 24.0. The molecule has 4 amide bonds. The van der Waals surface area contributed by atoms with Crippen LogP contribution in [0.1, 0.15) is 42.6 Å². The van der Waals surface area contributed by atoms with Gasteiger partial charge in [0, 0.05) is 18.7 Å². The fourth-order valence-corrected chi connectivity index (χ4v) is 4.39. The minimum absolute atomic E-state index is 0.0253. The van der Waals surface area contributed by atoms with Gasteiger partial charge in [-0.25, -0.2) is 0 Å². The van der Waals surface area contributed by atoms with Gasteiger partial charge in [0.25, 0.3) is 5.91 Å². The van der Waals surface area contributed by atoms with Gasteiger partial charge in [0.05, 0.1) is 39.4 Å². The van der Waals surface area contributed by atoms with Crippen molar-refractivity contribution in [1.82, 2.24) is 20.9 Å². The molecule has 12 nitrogen and oxygen atoms in total. The number of fused-ring (bicyclic) bond motifs is 3. The minimum Gasteiger partial charge on any atom is -0.496 e. The molecule has 0 aliphatic carbocycles. The molecule has 1 aliphatic rings. The number of rotatable bonds is 4. The van der Waals surface area contributed by atoms with Crippen molar-refractivity contribution in [2.24, 2.45) is 11.7 Å². The molecular weight excluding hydrogens is 530 g/mol. The van der Waals surface area contributed by atoms with Crippen molar-refractivity contribution in [1.29, 1.82) is 0 Å². The number of nitrogens with two attached hydrogens (primary N) is 1. The maximum Gasteiger partial charge on any atom is 0.251 e. The van der Waals surface area contributed by atoms with E-state index in [-0.39, 0.29) is 43.9 Å². The van der Waals surface area contributed by atoms with E-state index in [1.165, 1.54) is 19.1 Å². The monoisotopic (exact) mass is 569 g/mol. The Kier molecular flexibility index (Phi) is 11.3. The van der Waals surface area contributed by atoms with Gasteiger partial charge < -0.3 is 40.8 Å². The first-order valence-corrected chi connectivity index (χ1v) is 13.5.